The average Bonchev–Trinajstić information content (AvgIpc) is 3.36. The van der Waals surface area contributed by atoms with Crippen molar-refractivity contribution in [3.05, 3.63) is 90.2 Å². The number of amides is 1. The molecule has 2 atom stereocenters. The highest BCUT2D eigenvalue weighted by atomic mass is 32.2. The molecule has 3 aromatic carbocycles. The van der Waals surface area contributed by atoms with Gasteiger partial charge in [-0.1, -0.05) is 54.6 Å². The molecule has 0 radical (unpaired) electrons. The Morgan fingerprint density at radius 1 is 1.03 bits per heavy atom. The molecule has 2 N–H and O–H groups in total. The number of thioether (sulfide) groups is 1. The molecule has 178 valence electrons. The zero-order valence-electron chi connectivity index (χ0n) is 18.3. The van der Waals surface area contributed by atoms with Gasteiger partial charge in [-0.2, -0.15) is 4.31 Å². The lowest BCUT2D eigenvalue weighted by atomic mass is 10.0. The minimum Gasteiger partial charge on any atom is -0.396 e. The number of carbonyl (C=O) groups is 1. The van der Waals surface area contributed by atoms with E-state index in [4.69, 9.17) is 0 Å². The van der Waals surface area contributed by atoms with E-state index in [1.165, 1.54) is 28.2 Å². The van der Waals surface area contributed by atoms with E-state index in [1.807, 2.05) is 30.3 Å². The maximum absolute atomic E-state index is 13.4. The third kappa shape index (κ3) is 5.33. The fraction of sp³-hybridized carbons (Fsp3) is 0.240. The molecule has 34 heavy (non-hydrogen) atoms. The van der Waals surface area contributed by atoms with Gasteiger partial charge in [-0.05, 0) is 47.4 Å². The molecule has 0 saturated carbocycles. The maximum atomic E-state index is 13.4. The van der Waals surface area contributed by atoms with E-state index in [1.54, 1.807) is 36.4 Å². The van der Waals surface area contributed by atoms with E-state index in [0.717, 1.165) is 11.1 Å². The SMILES string of the molecule is O=C(N[C@@H](CCO)c1ccc(F)cc1)[C@@H]1SCCN1S(=O)(=O)c1ccc(-c2ccccc2)cc1. The lowest BCUT2D eigenvalue weighted by Gasteiger charge is -2.25. The monoisotopic (exact) mass is 500 g/mol. The predicted molar refractivity (Wildman–Crippen MR) is 131 cm³/mol. The van der Waals surface area contributed by atoms with Gasteiger partial charge in [-0.15, -0.1) is 11.8 Å². The van der Waals surface area contributed by atoms with Gasteiger partial charge < -0.3 is 10.4 Å². The zero-order chi connectivity index (χ0) is 24.1. The van der Waals surface area contributed by atoms with Crippen LogP contribution in [0.15, 0.2) is 83.8 Å². The first kappa shape index (κ1) is 24.4. The smallest absolute Gasteiger partial charge is 0.249 e. The topological polar surface area (TPSA) is 86.7 Å². The first-order chi connectivity index (χ1) is 16.4. The fourth-order valence-corrected chi connectivity index (χ4v) is 6.97. The summed E-state index contributed by atoms with van der Waals surface area (Å²) in [6.07, 6.45) is 0.225. The Morgan fingerprint density at radius 2 is 1.68 bits per heavy atom. The number of aliphatic hydroxyl groups is 1. The van der Waals surface area contributed by atoms with E-state index in [9.17, 15) is 22.7 Å². The van der Waals surface area contributed by atoms with Crippen molar-refractivity contribution in [3.8, 4) is 11.1 Å². The van der Waals surface area contributed by atoms with Crippen LogP contribution in [0, 0.1) is 5.82 Å². The Balaban J connectivity index is 1.52. The highest BCUT2D eigenvalue weighted by Crippen LogP contribution is 2.32. The number of nitrogens with zero attached hydrogens (tertiary/aromatic N) is 1. The number of aliphatic hydroxyl groups excluding tert-OH is 1. The van der Waals surface area contributed by atoms with Crippen molar-refractivity contribution in [2.24, 2.45) is 0 Å². The first-order valence-electron chi connectivity index (χ1n) is 10.9. The summed E-state index contributed by atoms with van der Waals surface area (Å²) in [4.78, 5) is 13.2. The molecule has 9 heteroatoms. The van der Waals surface area contributed by atoms with Crippen LogP contribution in [0.4, 0.5) is 4.39 Å². The van der Waals surface area contributed by atoms with Gasteiger partial charge in [0.25, 0.3) is 0 Å². The highest BCUT2D eigenvalue weighted by molar-refractivity contribution is 8.02. The predicted octanol–water partition coefficient (Wildman–Crippen LogP) is 3.80. The fourth-order valence-electron chi connectivity index (χ4n) is 3.88. The Kier molecular flexibility index (Phi) is 7.67. The number of carbonyl (C=O) groups excluding carboxylic acids is 1. The first-order valence-corrected chi connectivity index (χ1v) is 13.3. The van der Waals surface area contributed by atoms with E-state index < -0.39 is 33.2 Å². The van der Waals surface area contributed by atoms with Crippen LogP contribution in [0.25, 0.3) is 11.1 Å². The van der Waals surface area contributed by atoms with Gasteiger partial charge in [0.1, 0.15) is 11.2 Å². The largest absolute Gasteiger partial charge is 0.396 e. The summed E-state index contributed by atoms with van der Waals surface area (Å²) >= 11 is 1.25. The van der Waals surface area contributed by atoms with Crippen LogP contribution in [0.3, 0.4) is 0 Å². The van der Waals surface area contributed by atoms with Gasteiger partial charge in [-0.3, -0.25) is 4.79 Å². The zero-order valence-corrected chi connectivity index (χ0v) is 19.9. The van der Waals surface area contributed by atoms with Crippen molar-refractivity contribution in [2.75, 3.05) is 18.9 Å². The van der Waals surface area contributed by atoms with Crippen LogP contribution in [0.5, 0.6) is 0 Å². The lowest BCUT2D eigenvalue weighted by molar-refractivity contribution is -0.123. The number of hydrogen-bond acceptors (Lipinski definition) is 5. The van der Waals surface area contributed by atoms with Gasteiger partial charge in [0.2, 0.25) is 15.9 Å². The Hall–Kier alpha value is -2.72. The molecule has 1 fully saturated rings. The molecule has 0 unspecified atom stereocenters. The quantitative estimate of drug-likeness (QED) is 0.492. The van der Waals surface area contributed by atoms with Gasteiger partial charge in [0.05, 0.1) is 10.9 Å². The van der Waals surface area contributed by atoms with Crippen molar-refractivity contribution < 1.29 is 22.7 Å². The van der Waals surface area contributed by atoms with Crippen LogP contribution in [0.1, 0.15) is 18.0 Å². The molecule has 1 amide bonds. The van der Waals surface area contributed by atoms with E-state index >= 15 is 0 Å². The molecular formula is C25H25FN2O4S2. The van der Waals surface area contributed by atoms with Crippen molar-refractivity contribution >= 4 is 27.7 Å². The van der Waals surface area contributed by atoms with Gasteiger partial charge in [0.15, 0.2) is 0 Å². The van der Waals surface area contributed by atoms with Crippen LogP contribution in [0.2, 0.25) is 0 Å². The number of sulfonamides is 1. The number of nitrogens with one attached hydrogen (secondary N) is 1. The molecule has 0 spiro atoms. The summed E-state index contributed by atoms with van der Waals surface area (Å²) in [7, 11) is -3.90. The Labute approximate surface area is 202 Å². The van der Waals surface area contributed by atoms with E-state index in [2.05, 4.69) is 5.32 Å². The molecule has 1 aliphatic rings. The standard InChI is InChI=1S/C25H25FN2O4S2/c26-21-10-6-20(7-11-21)23(14-16-29)27-24(30)25-28(15-17-33-25)34(31,32)22-12-8-19(9-13-22)18-4-2-1-3-5-18/h1-13,23,25,29H,14-17H2,(H,27,30)/t23-,25-/m0/s1. The Morgan fingerprint density at radius 3 is 2.32 bits per heavy atom. The minimum atomic E-state index is -3.90. The second kappa shape index (κ2) is 10.7. The van der Waals surface area contributed by atoms with Crippen LogP contribution in [-0.4, -0.2) is 48.0 Å². The minimum absolute atomic E-state index is 0.123. The third-order valence-electron chi connectivity index (χ3n) is 5.65. The van der Waals surface area contributed by atoms with Crippen molar-refractivity contribution in [2.45, 2.75) is 22.7 Å². The molecule has 6 nitrogen and oxygen atoms in total. The molecule has 0 aromatic heterocycles. The molecule has 3 aromatic rings. The van der Waals surface area contributed by atoms with Crippen LogP contribution in [-0.2, 0) is 14.8 Å². The lowest BCUT2D eigenvalue weighted by Crippen LogP contribution is -2.45. The maximum Gasteiger partial charge on any atom is 0.249 e. The van der Waals surface area contributed by atoms with Crippen LogP contribution >= 0.6 is 11.8 Å². The second-order valence-corrected chi connectivity index (χ2v) is 10.9. The average molecular weight is 501 g/mol. The second-order valence-electron chi connectivity index (χ2n) is 7.85. The van der Waals surface area contributed by atoms with Gasteiger partial charge >= 0.3 is 0 Å². The summed E-state index contributed by atoms with van der Waals surface area (Å²) < 4.78 is 41.2. The van der Waals surface area contributed by atoms with Crippen LogP contribution < -0.4 is 5.32 Å². The van der Waals surface area contributed by atoms with Gasteiger partial charge in [0, 0.05) is 18.9 Å². The summed E-state index contributed by atoms with van der Waals surface area (Å²) in [5.74, 6) is -0.379. The molecule has 0 aliphatic carbocycles. The number of rotatable bonds is 8. The van der Waals surface area contributed by atoms with Crippen molar-refractivity contribution in [1.82, 2.24) is 9.62 Å². The Bertz CT molecular complexity index is 1220. The summed E-state index contributed by atoms with van der Waals surface area (Å²) in [6, 6.07) is 21.4. The summed E-state index contributed by atoms with van der Waals surface area (Å²) in [5, 5.41) is 11.3. The summed E-state index contributed by atoms with van der Waals surface area (Å²) in [6.45, 7) is 0.0304. The van der Waals surface area contributed by atoms with E-state index in [-0.39, 0.29) is 24.5 Å². The number of hydrogen-bond donors (Lipinski definition) is 2. The number of benzene rings is 3. The normalized spacial score (nSPS) is 17.4. The molecule has 1 saturated heterocycles. The molecule has 1 aliphatic heterocycles. The number of halogens is 1. The molecule has 0 bridgehead atoms. The van der Waals surface area contributed by atoms with Crippen molar-refractivity contribution in [1.29, 1.82) is 0 Å². The van der Waals surface area contributed by atoms with Crippen molar-refractivity contribution in [3.63, 3.8) is 0 Å². The third-order valence-corrected chi connectivity index (χ3v) is 8.86. The highest BCUT2D eigenvalue weighted by Gasteiger charge is 2.40. The van der Waals surface area contributed by atoms with E-state index in [0.29, 0.717) is 11.3 Å². The molecule has 4 rings (SSSR count). The van der Waals surface area contributed by atoms with Gasteiger partial charge in [-0.25, -0.2) is 12.8 Å². The summed E-state index contributed by atoms with van der Waals surface area (Å²) in [5.41, 5.74) is 2.52. The molecular weight excluding hydrogens is 475 g/mol. The molecule has 1 heterocycles.